The van der Waals surface area contributed by atoms with Gasteiger partial charge in [-0.1, -0.05) is 69.6 Å². The zero-order chi connectivity index (χ0) is 17.7. The largest absolute Gasteiger partial charge is 0.450 e. The SMILES string of the molecule is CB(O)[C@@H](CC(=O)[C@@H](N)Cc1cccc2ccccc12)CC(C)C. The van der Waals surface area contributed by atoms with E-state index in [2.05, 4.69) is 32.0 Å². The second-order valence-corrected chi connectivity index (χ2v) is 7.25. The third-order valence-electron chi connectivity index (χ3n) is 4.65. The van der Waals surface area contributed by atoms with Crippen LogP contribution in [-0.2, 0) is 11.2 Å². The van der Waals surface area contributed by atoms with Gasteiger partial charge >= 0.3 is 0 Å². The van der Waals surface area contributed by atoms with E-state index in [1.54, 1.807) is 6.82 Å². The van der Waals surface area contributed by atoms with E-state index in [0.29, 0.717) is 18.8 Å². The minimum absolute atomic E-state index is 0.0175. The van der Waals surface area contributed by atoms with Crippen molar-refractivity contribution in [2.45, 2.75) is 51.8 Å². The Kier molecular flexibility index (Phi) is 6.58. The van der Waals surface area contributed by atoms with E-state index >= 15 is 0 Å². The van der Waals surface area contributed by atoms with Crippen LogP contribution in [0.4, 0.5) is 0 Å². The first-order chi connectivity index (χ1) is 11.4. The molecule has 0 unspecified atom stereocenters. The van der Waals surface area contributed by atoms with Crippen LogP contribution in [0.1, 0.15) is 32.3 Å². The van der Waals surface area contributed by atoms with Crippen LogP contribution >= 0.6 is 0 Å². The summed E-state index contributed by atoms with van der Waals surface area (Å²) in [5.41, 5.74) is 7.29. The molecule has 0 spiro atoms. The molecule has 0 saturated carbocycles. The Labute approximate surface area is 145 Å². The third-order valence-corrected chi connectivity index (χ3v) is 4.65. The Morgan fingerprint density at radius 3 is 2.50 bits per heavy atom. The maximum atomic E-state index is 12.5. The highest BCUT2D eigenvalue weighted by molar-refractivity contribution is 6.50. The molecule has 0 aliphatic carbocycles. The molecule has 3 N–H and O–H groups in total. The second-order valence-electron chi connectivity index (χ2n) is 7.25. The van der Waals surface area contributed by atoms with Crippen molar-refractivity contribution in [1.29, 1.82) is 0 Å². The summed E-state index contributed by atoms with van der Waals surface area (Å²) >= 11 is 0. The van der Waals surface area contributed by atoms with Crippen LogP contribution in [0.15, 0.2) is 42.5 Å². The standard InChI is InChI=1S/C20H28BNO2/c1-14(2)11-17(21(3)24)13-20(23)19(22)12-16-9-6-8-15-7-4-5-10-18(15)16/h4-10,14,17,19,24H,11-13,22H2,1-3H3/t17-,19+/m1/s1. The van der Waals surface area contributed by atoms with Crippen molar-refractivity contribution in [2.75, 3.05) is 0 Å². The van der Waals surface area contributed by atoms with Gasteiger partial charge in [0.15, 0.2) is 0 Å². The number of fused-ring (bicyclic) bond motifs is 1. The van der Waals surface area contributed by atoms with Crippen molar-refractivity contribution in [3.8, 4) is 0 Å². The summed E-state index contributed by atoms with van der Waals surface area (Å²) in [6, 6.07) is 13.7. The molecule has 2 atom stereocenters. The predicted octanol–water partition coefficient (Wildman–Crippen LogP) is 3.70. The van der Waals surface area contributed by atoms with E-state index in [4.69, 9.17) is 5.73 Å². The molecule has 0 aromatic heterocycles. The molecule has 0 fully saturated rings. The zero-order valence-corrected chi connectivity index (χ0v) is 14.9. The summed E-state index contributed by atoms with van der Waals surface area (Å²) in [6.07, 6.45) is 1.72. The average molecular weight is 325 g/mol. The maximum Gasteiger partial charge on any atom is 0.289 e. The van der Waals surface area contributed by atoms with Crippen molar-refractivity contribution < 1.29 is 9.82 Å². The molecule has 0 radical (unpaired) electrons. The van der Waals surface area contributed by atoms with Gasteiger partial charge in [-0.2, -0.15) is 0 Å². The number of benzene rings is 2. The number of Topliss-reactive ketones (excluding diaryl/α,β-unsaturated/α-hetero) is 1. The van der Waals surface area contributed by atoms with Gasteiger partial charge in [0.1, 0.15) is 5.78 Å². The lowest BCUT2D eigenvalue weighted by Gasteiger charge is -2.21. The number of rotatable bonds is 8. The summed E-state index contributed by atoms with van der Waals surface area (Å²) < 4.78 is 0. The zero-order valence-electron chi connectivity index (χ0n) is 14.9. The first-order valence-corrected chi connectivity index (χ1v) is 8.81. The number of ketones is 1. The molecule has 0 heterocycles. The van der Waals surface area contributed by atoms with Crippen molar-refractivity contribution in [2.24, 2.45) is 11.7 Å². The molecule has 2 aromatic carbocycles. The number of nitrogens with two attached hydrogens (primary N) is 1. The molecule has 128 valence electrons. The minimum Gasteiger partial charge on any atom is -0.450 e. The molecule has 2 rings (SSSR count). The van der Waals surface area contributed by atoms with Gasteiger partial charge in [0.2, 0.25) is 0 Å². The summed E-state index contributed by atoms with van der Waals surface area (Å²) in [5.74, 6) is 0.470. The fourth-order valence-electron chi connectivity index (χ4n) is 3.29. The number of hydrogen-bond donors (Lipinski definition) is 2. The molecular weight excluding hydrogens is 297 g/mol. The highest BCUT2D eigenvalue weighted by Gasteiger charge is 2.26. The first-order valence-electron chi connectivity index (χ1n) is 8.81. The highest BCUT2D eigenvalue weighted by Crippen LogP contribution is 2.25. The summed E-state index contributed by atoms with van der Waals surface area (Å²) in [4.78, 5) is 12.5. The highest BCUT2D eigenvalue weighted by atomic mass is 16.2. The number of carbonyl (C=O) groups is 1. The molecule has 0 aliphatic rings. The Balaban J connectivity index is 2.07. The Morgan fingerprint density at radius 1 is 1.17 bits per heavy atom. The van der Waals surface area contributed by atoms with E-state index in [1.165, 1.54) is 0 Å². The van der Waals surface area contributed by atoms with E-state index in [0.717, 1.165) is 22.8 Å². The van der Waals surface area contributed by atoms with Gasteiger partial charge in [-0.05, 0) is 34.5 Å². The lowest BCUT2D eigenvalue weighted by atomic mass is 9.54. The first kappa shape index (κ1) is 18.7. The van der Waals surface area contributed by atoms with Crippen molar-refractivity contribution in [1.82, 2.24) is 0 Å². The molecule has 0 saturated heterocycles. The molecule has 24 heavy (non-hydrogen) atoms. The smallest absolute Gasteiger partial charge is 0.289 e. The molecule has 4 heteroatoms. The van der Waals surface area contributed by atoms with Crippen molar-refractivity contribution in [3.63, 3.8) is 0 Å². The van der Waals surface area contributed by atoms with Gasteiger partial charge < -0.3 is 10.8 Å². The van der Waals surface area contributed by atoms with Crippen LogP contribution in [0.3, 0.4) is 0 Å². The lowest BCUT2D eigenvalue weighted by Crippen LogP contribution is -2.35. The molecule has 0 bridgehead atoms. The van der Waals surface area contributed by atoms with Gasteiger partial charge in [-0.15, -0.1) is 0 Å². The van der Waals surface area contributed by atoms with Gasteiger partial charge in [-0.25, -0.2) is 0 Å². The van der Waals surface area contributed by atoms with Crippen molar-refractivity contribution in [3.05, 3.63) is 48.0 Å². The Morgan fingerprint density at radius 2 is 1.83 bits per heavy atom. The minimum atomic E-state index is -0.524. The topological polar surface area (TPSA) is 63.3 Å². The van der Waals surface area contributed by atoms with Crippen LogP contribution in [0.25, 0.3) is 10.8 Å². The summed E-state index contributed by atoms with van der Waals surface area (Å²) in [7, 11) is 0. The Bertz CT molecular complexity index is 679. The maximum absolute atomic E-state index is 12.5. The fourth-order valence-corrected chi connectivity index (χ4v) is 3.29. The van der Waals surface area contributed by atoms with Gasteiger partial charge in [0.25, 0.3) is 6.92 Å². The number of carbonyl (C=O) groups excluding carboxylic acids is 1. The predicted molar refractivity (Wildman–Crippen MR) is 102 cm³/mol. The molecule has 0 aliphatic heterocycles. The summed E-state index contributed by atoms with van der Waals surface area (Å²) in [6.45, 7) is 5.49. The van der Waals surface area contributed by atoms with Crippen LogP contribution in [0.2, 0.25) is 12.6 Å². The van der Waals surface area contributed by atoms with E-state index in [1.807, 2.05) is 24.3 Å². The normalized spacial score (nSPS) is 13.9. The van der Waals surface area contributed by atoms with Crippen LogP contribution < -0.4 is 5.73 Å². The van der Waals surface area contributed by atoms with E-state index in [9.17, 15) is 9.82 Å². The molecule has 0 amide bonds. The van der Waals surface area contributed by atoms with Crippen LogP contribution in [0, 0.1) is 5.92 Å². The van der Waals surface area contributed by atoms with Crippen molar-refractivity contribution >= 4 is 23.5 Å². The monoisotopic (exact) mass is 325 g/mol. The van der Waals surface area contributed by atoms with Gasteiger partial charge in [-0.3, -0.25) is 4.79 Å². The lowest BCUT2D eigenvalue weighted by molar-refractivity contribution is -0.120. The van der Waals surface area contributed by atoms with Gasteiger partial charge in [0.05, 0.1) is 6.04 Å². The number of hydrogen-bond acceptors (Lipinski definition) is 3. The molecular formula is C20H28BNO2. The van der Waals surface area contributed by atoms with Gasteiger partial charge in [0, 0.05) is 6.42 Å². The van der Waals surface area contributed by atoms with Crippen LogP contribution in [0.5, 0.6) is 0 Å². The van der Waals surface area contributed by atoms with Crippen LogP contribution in [-0.4, -0.2) is 23.8 Å². The quantitative estimate of drug-likeness (QED) is 0.728. The average Bonchev–Trinajstić information content (AvgIpc) is 2.54. The third kappa shape index (κ3) is 4.92. The Hall–Kier alpha value is -1.65. The fraction of sp³-hybridized carbons (Fsp3) is 0.450. The van der Waals surface area contributed by atoms with E-state index < -0.39 is 13.0 Å². The molecule has 2 aromatic rings. The molecule has 3 nitrogen and oxygen atoms in total. The summed E-state index contributed by atoms with van der Waals surface area (Å²) in [5, 5.41) is 12.2. The van der Waals surface area contributed by atoms with E-state index in [-0.39, 0.29) is 11.6 Å². The second kappa shape index (κ2) is 8.45.